The van der Waals surface area contributed by atoms with E-state index in [2.05, 4.69) is 0 Å². The van der Waals surface area contributed by atoms with Crippen molar-refractivity contribution in [1.82, 2.24) is 4.98 Å². The number of hydrogen-bond donors (Lipinski definition) is 1. The van der Waals surface area contributed by atoms with Crippen molar-refractivity contribution in [3.05, 3.63) is 81.9 Å². The van der Waals surface area contributed by atoms with Crippen LogP contribution in [0.25, 0.3) is 16.0 Å². The Morgan fingerprint density at radius 3 is 2.65 bits per heavy atom. The molecule has 8 nitrogen and oxygen atoms in total. The SMILES string of the molecule is CCCOc1ccc([C@H]2/C(=C(\O)c3ccc4c(c3)C[C@H](C)O4)C(=O)C(=O)N2c2nc3c(C)cc(C)cc3s2)cc1OCC. The maximum Gasteiger partial charge on any atom is 0.301 e. The zero-order valence-electron chi connectivity index (χ0n) is 24.9. The van der Waals surface area contributed by atoms with E-state index in [-0.39, 0.29) is 17.4 Å². The van der Waals surface area contributed by atoms with Crippen LogP contribution in [0.1, 0.15) is 61.1 Å². The van der Waals surface area contributed by atoms with Crippen molar-refractivity contribution < 1.29 is 28.9 Å². The van der Waals surface area contributed by atoms with Gasteiger partial charge in [0.05, 0.1) is 35.0 Å². The van der Waals surface area contributed by atoms with Crippen LogP contribution in [0.4, 0.5) is 5.13 Å². The molecule has 2 aliphatic rings. The number of aliphatic hydroxyl groups is 1. The van der Waals surface area contributed by atoms with E-state index in [1.807, 2.05) is 58.9 Å². The fraction of sp³-hybridized carbons (Fsp3) is 0.324. The van der Waals surface area contributed by atoms with E-state index >= 15 is 0 Å². The summed E-state index contributed by atoms with van der Waals surface area (Å²) in [5.41, 5.74) is 4.82. The van der Waals surface area contributed by atoms with Crippen LogP contribution in [0.5, 0.6) is 17.2 Å². The Morgan fingerprint density at radius 2 is 1.88 bits per heavy atom. The predicted molar refractivity (Wildman–Crippen MR) is 168 cm³/mol. The molecule has 4 aromatic rings. The minimum atomic E-state index is -0.940. The molecule has 0 aliphatic carbocycles. The smallest absolute Gasteiger partial charge is 0.301 e. The third kappa shape index (κ3) is 5.12. The van der Waals surface area contributed by atoms with Crippen LogP contribution in [0.15, 0.2) is 54.1 Å². The first-order valence-corrected chi connectivity index (χ1v) is 15.4. The van der Waals surface area contributed by atoms with Gasteiger partial charge in [-0.15, -0.1) is 0 Å². The normalized spacial score (nSPS) is 19.1. The molecule has 2 atom stereocenters. The second-order valence-corrected chi connectivity index (χ2v) is 12.0. The van der Waals surface area contributed by atoms with Crippen molar-refractivity contribution >= 4 is 44.1 Å². The molecule has 0 saturated carbocycles. The highest BCUT2D eigenvalue weighted by atomic mass is 32.1. The molecule has 3 aromatic carbocycles. The summed E-state index contributed by atoms with van der Waals surface area (Å²) in [7, 11) is 0. The van der Waals surface area contributed by atoms with E-state index in [1.165, 1.54) is 16.2 Å². The van der Waals surface area contributed by atoms with E-state index in [9.17, 15) is 14.7 Å². The number of benzene rings is 3. The minimum absolute atomic E-state index is 0.00579. The number of ketones is 1. The summed E-state index contributed by atoms with van der Waals surface area (Å²) in [5.74, 6) is 0.0592. The molecule has 1 N–H and O–H groups in total. The van der Waals surface area contributed by atoms with Crippen LogP contribution in [-0.4, -0.2) is 41.1 Å². The molecule has 2 aliphatic heterocycles. The van der Waals surface area contributed by atoms with Gasteiger partial charge < -0.3 is 19.3 Å². The molecule has 1 fully saturated rings. The van der Waals surface area contributed by atoms with Crippen LogP contribution in [0.2, 0.25) is 0 Å². The van der Waals surface area contributed by atoms with E-state index in [0.717, 1.165) is 39.1 Å². The van der Waals surface area contributed by atoms with Crippen molar-refractivity contribution in [2.75, 3.05) is 18.1 Å². The van der Waals surface area contributed by atoms with Crippen molar-refractivity contribution in [3.8, 4) is 17.2 Å². The molecule has 1 saturated heterocycles. The second kappa shape index (κ2) is 11.4. The largest absolute Gasteiger partial charge is 0.507 e. The molecule has 6 rings (SSSR count). The van der Waals surface area contributed by atoms with Gasteiger partial charge in [-0.1, -0.05) is 30.4 Å². The lowest BCUT2D eigenvalue weighted by molar-refractivity contribution is -0.132. The van der Waals surface area contributed by atoms with E-state index < -0.39 is 17.7 Å². The number of aryl methyl sites for hydroxylation is 2. The summed E-state index contributed by atoms with van der Waals surface area (Å²) < 4.78 is 18.6. The summed E-state index contributed by atoms with van der Waals surface area (Å²) in [6, 6.07) is 13.8. The number of carbonyl (C=O) groups excluding carboxylic acids is 2. The standard InChI is InChI=1S/C34H34N2O6S/c1-6-12-41-25-11-8-21(17-26(25)40-7-2)30-28(31(37)22-9-10-24-23(16-22)15-20(5)42-24)32(38)33(39)36(30)34-35-29-19(4)13-18(3)14-27(29)43-34/h8-11,13-14,16-17,20,30,37H,6-7,12,15H2,1-5H3/b31-28+/t20-,30-/m0/s1. The molecule has 0 radical (unpaired) electrons. The Kier molecular flexibility index (Phi) is 7.60. The fourth-order valence-corrected chi connectivity index (χ4v) is 6.99. The number of hydrogen-bond acceptors (Lipinski definition) is 8. The van der Waals surface area contributed by atoms with Gasteiger partial charge in [0.1, 0.15) is 17.6 Å². The van der Waals surface area contributed by atoms with Crippen LogP contribution in [0, 0.1) is 13.8 Å². The lowest BCUT2D eigenvalue weighted by atomic mass is 9.94. The van der Waals surface area contributed by atoms with Crippen LogP contribution < -0.4 is 19.1 Å². The summed E-state index contributed by atoms with van der Waals surface area (Å²) >= 11 is 1.35. The Bertz CT molecular complexity index is 1790. The van der Waals surface area contributed by atoms with Gasteiger partial charge in [0, 0.05) is 12.0 Å². The highest BCUT2D eigenvalue weighted by Crippen LogP contribution is 2.46. The number of carbonyl (C=O) groups is 2. The number of thiazole rings is 1. The summed E-state index contributed by atoms with van der Waals surface area (Å²) in [4.78, 5) is 33.9. The molecule has 1 aromatic heterocycles. The number of Topliss-reactive ketones (excluding diaryl/α,β-unsaturated/α-hetero) is 1. The van der Waals surface area contributed by atoms with Crippen LogP contribution in [0.3, 0.4) is 0 Å². The number of anilines is 1. The number of rotatable bonds is 8. The Morgan fingerprint density at radius 1 is 1.07 bits per heavy atom. The lowest BCUT2D eigenvalue weighted by Crippen LogP contribution is -2.29. The Balaban J connectivity index is 1.54. The number of aromatic nitrogens is 1. The first-order chi connectivity index (χ1) is 20.7. The quantitative estimate of drug-likeness (QED) is 0.132. The van der Waals surface area contributed by atoms with Gasteiger partial charge in [-0.05, 0) is 92.8 Å². The van der Waals surface area contributed by atoms with Gasteiger partial charge in [-0.25, -0.2) is 4.98 Å². The summed E-state index contributed by atoms with van der Waals surface area (Å²) in [5, 5.41) is 12.1. The summed E-state index contributed by atoms with van der Waals surface area (Å²) in [6.45, 7) is 10.8. The van der Waals surface area contributed by atoms with E-state index in [1.54, 1.807) is 24.3 Å². The zero-order valence-corrected chi connectivity index (χ0v) is 25.7. The van der Waals surface area contributed by atoms with Gasteiger partial charge in [0.25, 0.3) is 5.78 Å². The van der Waals surface area contributed by atoms with Crippen molar-refractivity contribution in [1.29, 1.82) is 0 Å². The third-order valence-corrected chi connectivity index (χ3v) is 8.69. The minimum Gasteiger partial charge on any atom is -0.507 e. The second-order valence-electron chi connectivity index (χ2n) is 11.0. The predicted octanol–water partition coefficient (Wildman–Crippen LogP) is 7.05. The fourth-order valence-electron chi connectivity index (χ4n) is 5.83. The number of aliphatic hydroxyl groups excluding tert-OH is 1. The Labute approximate surface area is 254 Å². The van der Waals surface area contributed by atoms with Gasteiger partial charge in [-0.3, -0.25) is 14.5 Å². The van der Waals surface area contributed by atoms with Crippen LogP contribution >= 0.6 is 11.3 Å². The molecule has 222 valence electrons. The van der Waals surface area contributed by atoms with E-state index in [0.29, 0.717) is 47.4 Å². The first kappa shape index (κ1) is 28.7. The Hall–Kier alpha value is -4.37. The highest BCUT2D eigenvalue weighted by molar-refractivity contribution is 7.22. The molecule has 43 heavy (non-hydrogen) atoms. The van der Waals surface area contributed by atoms with Crippen molar-refractivity contribution in [2.45, 2.75) is 59.6 Å². The first-order valence-electron chi connectivity index (χ1n) is 14.6. The highest BCUT2D eigenvalue weighted by Gasteiger charge is 2.48. The molecule has 9 heteroatoms. The van der Waals surface area contributed by atoms with Crippen LogP contribution in [-0.2, 0) is 16.0 Å². The average Bonchev–Trinajstić information content (AvgIpc) is 3.64. The number of nitrogens with zero attached hydrogens (tertiary/aromatic N) is 2. The zero-order chi connectivity index (χ0) is 30.4. The van der Waals surface area contributed by atoms with Crippen molar-refractivity contribution in [2.24, 2.45) is 0 Å². The van der Waals surface area contributed by atoms with Gasteiger partial charge in [-0.2, -0.15) is 0 Å². The lowest BCUT2D eigenvalue weighted by Gasteiger charge is -2.24. The average molecular weight is 599 g/mol. The maximum absolute atomic E-state index is 13.8. The van der Waals surface area contributed by atoms with E-state index in [4.69, 9.17) is 19.2 Å². The number of ether oxygens (including phenoxy) is 3. The third-order valence-electron chi connectivity index (χ3n) is 7.68. The molecule has 1 amide bonds. The molecular weight excluding hydrogens is 564 g/mol. The molecular formula is C34H34N2O6S. The van der Waals surface area contributed by atoms with Gasteiger partial charge in [0.2, 0.25) is 0 Å². The summed E-state index contributed by atoms with van der Waals surface area (Å²) in [6.07, 6.45) is 1.54. The maximum atomic E-state index is 13.8. The molecule has 3 heterocycles. The van der Waals surface area contributed by atoms with Gasteiger partial charge >= 0.3 is 5.91 Å². The molecule has 0 unspecified atom stereocenters. The van der Waals surface area contributed by atoms with Crippen molar-refractivity contribution in [3.63, 3.8) is 0 Å². The topological polar surface area (TPSA) is 98.2 Å². The number of fused-ring (bicyclic) bond motifs is 2. The molecule has 0 bridgehead atoms. The van der Waals surface area contributed by atoms with Gasteiger partial charge in [0.15, 0.2) is 16.6 Å². The monoisotopic (exact) mass is 598 g/mol. The number of amides is 1. The molecule has 0 spiro atoms.